The highest BCUT2D eigenvalue weighted by Crippen LogP contribution is 2.30. The lowest BCUT2D eigenvalue weighted by atomic mass is 10.1. The van der Waals surface area contributed by atoms with Gasteiger partial charge in [-0.3, -0.25) is 4.79 Å². The van der Waals surface area contributed by atoms with Crippen molar-refractivity contribution in [3.8, 4) is 5.75 Å². The summed E-state index contributed by atoms with van der Waals surface area (Å²) in [6.07, 6.45) is -0.0410. The van der Waals surface area contributed by atoms with Crippen molar-refractivity contribution in [3.63, 3.8) is 0 Å². The van der Waals surface area contributed by atoms with Crippen LogP contribution in [0.3, 0.4) is 0 Å². The van der Waals surface area contributed by atoms with Gasteiger partial charge in [-0.1, -0.05) is 30.3 Å². The van der Waals surface area contributed by atoms with Gasteiger partial charge in [-0.25, -0.2) is 0 Å². The van der Waals surface area contributed by atoms with Crippen LogP contribution in [-0.2, 0) is 0 Å². The molecule has 0 radical (unpaired) electrons. The Bertz CT molecular complexity index is 579. The molecule has 98 valence electrons. The number of carbonyl (C=O) groups excluding carboxylic acids is 1. The van der Waals surface area contributed by atoms with E-state index in [1.807, 2.05) is 43.3 Å². The minimum Gasteiger partial charge on any atom is -0.485 e. The Morgan fingerprint density at radius 3 is 2.42 bits per heavy atom. The number of hydrogen-bond acceptors (Lipinski definition) is 2. The first-order valence-corrected chi connectivity index (χ1v) is 6.89. The lowest BCUT2D eigenvalue weighted by Crippen LogP contribution is -2.03. The summed E-state index contributed by atoms with van der Waals surface area (Å²) in [6, 6.07) is 15.4. The van der Waals surface area contributed by atoms with Crippen molar-refractivity contribution in [2.45, 2.75) is 20.0 Å². The van der Waals surface area contributed by atoms with Gasteiger partial charge >= 0.3 is 0 Å². The molecule has 0 saturated carbocycles. The van der Waals surface area contributed by atoms with Crippen LogP contribution < -0.4 is 4.74 Å². The molecule has 0 N–H and O–H groups in total. The van der Waals surface area contributed by atoms with Gasteiger partial charge in [0.25, 0.3) is 0 Å². The Kier molecular flexibility index (Phi) is 4.38. The second-order valence-electron chi connectivity index (χ2n) is 4.37. The molecule has 2 aromatic carbocycles. The minimum atomic E-state index is -0.0410. The van der Waals surface area contributed by atoms with E-state index in [-0.39, 0.29) is 11.9 Å². The number of carbonyl (C=O) groups is 1. The molecule has 0 bridgehead atoms. The Labute approximate surface area is 121 Å². The predicted octanol–water partition coefficient (Wildman–Crippen LogP) is 4.79. The molecular formula is C16H15BrO2. The van der Waals surface area contributed by atoms with Gasteiger partial charge in [-0.15, -0.1) is 0 Å². The number of ketones is 1. The van der Waals surface area contributed by atoms with E-state index in [1.165, 1.54) is 0 Å². The van der Waals surface area contributed by atoms with Crippen molar-refractivity contribution in [1.29, 1.82) is 0 Å². The molecule has 2 aromatic rings. The fourth-order valence-electron chi connectivity index (χ4n) is 1.80. The molecule has 2 nitrogen and oxygen atoms in total. The number of ether oxygens (including phenoxy) is 1. The van der Waals surface area contributed by atoms with Crippen LogP contribution in [0, 0.1) is 0 Å². The Hall–Kier alpha value is -1.61. The summed E-state index contributed by atoms with van der Waals surface area (Å²) in [5.41, 5.74) is 1.79. The number of halogens is 1. The van der Waals surface area contributed by atoms with E-state index in [0.717, 1.165) is 15.8 Å². The molecule has 0 aliphatic heterocycles. The predicted molar refractivity (Wildman–Crippen MR) is 79.6 cm³/mol. The van der Waals surface area contributed by atoms with E-state index in [1.54, 1.807) is 19.1 Å². The normalized spacial score (nSPS) is 11.9. The number of hydrogen-bond donors (Lipinski definition) is 0. The van der Waals surface area contributed by atoms with Crippen molar-refractivity contribution in [1.82, 2.24) is 0 Å². The van der Waals surface area contributed by atoms with Gasteiger partial charge in [0.15, 0.2) is 5.78 Å². The molecule has 0 aromatic heterocycles. The van der Waals surface area contributed by atoms with E-state index in [0.29, 0.717) is 5.56 Å². The smallest absolute Gasteiger partial charge is 0.159 e. The summed E-state index contributed by atoms with van der Waals surface area (Å²) in [7, 11) is 0. The van der Waals surface area contributed by atoms with Crippen LogP contribution in [-0.4, -0.2) is 5.78 Å². The largest absolute Gasteiger partial charge is 0.485 e. The second-order valence-corrected chi connectivity index (χ2v) is 5.23. The van der Waals surface area contributed by atoms with Crippen LogP contribution in [0.5, 0.6) is 5.75 Å². The van der Waals surface area contributed by atoms with Crippen molar-refractivity contribution in [2.24, 2.45) is 0 Å². The zero-order valence-corrected chi connectivity index (χ0v) is 12.5. The molecule has 0 fully saturated rings. The summed E-state index contributed by atoms with van der Waals surface area (Å²) in [5, 5.41) is 0. The zero-order valence-electron chi connectivity index (χ0n) is 10.9. The molecule has 0 aliphatic carbocycles. The Morgan fingerprint density at radius 1 is 1.16 bits per heavy atom. The number of rotatable bonds is 4. The fraction of sp³-hybridized carbons (Fsp3) is 0.188. The molecule has 1 unspecified atom stereocenters. The van der Waals surface area contributed by atoms with Gasteiger partial charge < -0.3 is 4.74 Å². The van der Waals surface area contributed by atoms with Gasteiger partial charge in [0.1, 0.15) is 11.9 Å². The molecule has 0 spiro atoms. The maximum Gasteiger partial charge on any atom is 0.159 e. The number of benzene rings is 2. The lowest BCUT2D eigenvalue weighted by molar-refractivity contribution is 0.101. The molecule has 19 heavy (non-hydrogen) atoms. The van der Waals surface area contributed by atoms with Crippen LogP contribution in [0.25, 0.3) is 0 Å². The summed E-state index contributed by atoms with van der Waals surface area (Å²) in [5.74, 6) is 0.782. The topological polar surface area (TPSA) is 26.3 Å². The van der Waals surface area contributed by atoms with Crippen LogP contribution in [0.15, 0.2) is 53.0 Å². The van der Waals surface area contributed by atoms with Crippen LogP contribution in [0.2, 0.25) is 0 Å². The summed E-state index contributed by atoms with van der Waals surface area (Å²) < 4.78 is 6.70. The maximum absolute atomic E-state index is 11.3. The molecule has 0 saturated heterocycles. The van der Waals surface area contributed by atoms with Crippen LogP contribution >= 0.6 is 15.9 Å². The molecule has 2 rings (SSSR count). The number of Topliss-reactive ketones (excluding diaryl/α,β-unsaturated/α-hetero) is 1. The molecule has 0 aliphatic rings. The quantitative estimate of drug-likeness (QED) is 0.757. The highest BCUT2D eigenvalue weighted by Gasteiger charge is 2.10. The first kappa shape index (κ1) is 13.8. The van der Waals surface area contributed by atoms with Crippen molar-refractivity contribution >= 4 is 21.7 Å². The highest BCUT2D eigenvalue weighted by atomic mass is 79.9. The summed E-state index contributed by atoms with van der Waals surface area (Å²) in [6.45, 7) is 3.55. The van der Waals surface area contributed by atoms with Crippen molar-refractivity contribution < 1.29 is 9.53 Å². The average Bonchev–Trinajstić information content (AvgIpc) is 2.41. The zero-order chi connectivity index (χ0) is 13.8. The maximum atomic E-state index is 11.3. The Morgan fingerprint density at radius 2 is 1.84 bits per heavy atom. The van der Waals surface area contributed by atoms with Gasteiger partial charge in [0.05, 0.1) is 4.47 Å². The van der Waals surface area contributed by atoms with Gasteiger partial charge in [-0.05, 0) is 53.5 Å². The average molecular weight is 319 g/mol. The third kappa shape index (κ3) is 3.44. The van der Waals surface area contributed by atoms with Crippen LogP contribution in [0.4, 0.5) is 0 Å². The molecule has 0 heterocycles. The highest BCUT2D eigenvalue weighted by molar-refractivity contribution is 9.10. The van der Waals surface area contributed by atoms with Gasteiger partial charge in [0.2, 0.25) is 0 Å². The lowest BCUT2D eigenvalue weighted by Gasteiger charge is -2.16. The molecule has 1 atom stereocenters. The monoisotopic (exact) mass is 318 g/mol. The van der Waals surface area contributed by atoms with E-state index < -0.39 is 0 Å². The summed E-state index contributed by atoms with van der Waals surface area (Å²) in [4.78, 5) is 11.3. The van der Waals surface area contributed by atoms with Crippen molar-refractivity contribution in [2.75, 3.05) is 0 Å². The molecule has 3 heteroatoms. The second kappa shape index (κ2) is 6.02. The minimum absolute atomic E-state index is 0.0410. The summed E-state index contributed by atoms with van der Waals surface area (Å²) >= 11 is 3.44. The molecule has 0 amide bonds. The van der Waals surface area contributed by atoms with Gasteiger partial charge in [0, 0.05) is 5.56 Å². The Balaban J connectivity index is 2.18. The molecular weight excluding hydrogens is 304 g/mol. The third-order valence-corrected chi connectivity index (χ3v) is 3.53. The van der Waals surface area contributed by atoms with Gasteiger partial charge in [-0.2, -0.15) is 0 Å². The van der Waals surface area contributed by atoms with E-state index in [2.05, 4.69) is 15.9 Å². The first-order chi connectivity index (χ1) is 9.08. The third-order valence-electron chi connectivity index (χ3n) is 2.91. The van der Waals surface area contributed by atoms with E-state index in [4.69, 9.17) is 4.74 Å². The van der Waals surface area contributed by atoms with Crippen LogP contribution in [0.1, 0.15) is 35.9 Å². The van der Waals surface area contributed by atoms with Crippen molar-refractivity contribution in [3.05, 3.63) is 64.1 Å². The first-order valence-electron chi connectivity index (χ1n) is 6.10. The SMILES string of the molecule is CC(=O)c1ccc(OC(C)c2ccccc2)c(Br)c1. The fourth-order valence-corrected chi connectivity index (χ4v) is 2.27. The van der Waals surface area contributed by atoms with E-state index >= 15 is 0 Å². The van der Waals surface area contributed by atoms with E-state index in [9.17, 15) is 4.79 Å². The standard InChI is InChI=1S/C16H15BrO2/c1-11(18)14-8-9-16(15(17)10-14)19-12(2)13-6-4-3-5-7-13/h3-10,12H,1-2H3.